The maximum Gasteiger partial charge on any atom is 0.255 e. The smallest absolute Gasteiger partial charge is 0.255 e. The SMILES string of the molecule is CNc1c(O)c(Cl)cc(Cl)c1C(=O)NCC1CCCN1C. The summed E-state index contributed by atoms with van der Waals surface area (Å²) in [6, 6.07) is 1.71. The monoisotopic (exact) mass is 331 g/mol. The summed E-state index contributed by atoms with van der Waals surface area (Å²) in [7, 11) is 3.65. The Kier molecular flexibility index (Phi) is 5.19. The lowest BCUT2D eigenvalue weighted by Crippen LogP contribution is -2.38. The molecule has 3 N–H and O–H groups in total. The van der Waals surface area contributed by atoms with Gasteiger partial charge >= 0.3 is 0 Å². The molecule has 1 aliphatic heterocycles. The Balaban J connectivity index is 2.17. The van der Waals surface area contributed by atoms with Crippen molar-refractivity contribution in [1.29, 1.82) is 0 Å². The Labute approximate surface area is 134 Å². The normalized spacial score (nSPS) is 18.8. The highest BCUT2D eigenvalue weighted by molar-refractivity contribution is 6.38. The van der Waals surface area contributed by atoms with Crippen molar-refractivity contribution in [2.24, 2.45) is 0 Å². The van der Waals surface area contributed by atoms with Gasteiger partial charge in [0.2, 0.25) is 0 Å². The van der Waals surface area contributed by atoms with Gasteiger partial charge in [0.25, 0.3) is 5.91 Å². The van der Waals surface area contributed by atoms with E-state index in [2.05, 4.69) is 15.5 Å². The summed E-state index contributed by atoms with van der Waals surface area (Å²) in [4.78, 5) is 14.6. The minimum Gasteiger partial charge on any atom is -0.504 e. The summed E-state index contributed by atoms with van der Waals surface area (Å²) in [5.41, 5.74) is 0.450. The fraction of sp³-hybridized carbons (Fsp3) is 0.500. The van der Waals surface area contributed by atoms with Crippen molar-refractivity contribution in [3.63, 3.8) is 0 Å². The lowest BCUT2D eigenvalue weighted by Gasteiger charge is -2.20. The Morgan fingerprint density at radius 2 is 2.19 bits per heavy atom. The zero-order chi connectivity index (χ0) is 15.6. The summed E-state index contributed by atoms with van der Waals surface area (Å²) in [6.45, 7) is 1.60. The second-order valence-electron chi connectivity index (χ2n) is 5.18. The molecule has 1 aliphatic rings. The van der Waals surface area contributed by atoms with Crippen LogP contribution in [-0.2, 0) is 0 Å². The molecule has 1 unspecified atom stereocenters. The highest BCUT2D eigenvalue weighted by Crippen LogP contribution is 2.39. The molecule has 0 aliphatic carbocycles. The standard InChI is InChI=1S/C14H19Cl2N3O2/c1-17-12-11(9(15)6-10(16)13(12)20)14(21)18-7-8-4-3-5-19(8)2/h6,8,17,20H,3-5,7H2,1-2H3,(H,18,21). The highest BCUT2D eigenvalue weighted by Gasteiger charge is 2.24. The van der Waals surface area contributed by atoms with E-state index in [0.717, 1.165) is 19.4 Å². The third-order valence-corrected chi connectivity index (χ3v) is 4.44. The van der Waals surface area contributed by atoms with Gasteiger partial charge in [0.1, 0.15) is 0 Å². The van der Waals surface area contributed by atoms with E-state index < -0.39 is 0 Å². The second kappa shape index (κ2) is 6.73. The molecule has 7 heteroatoms. The van der Waals surface area contributed by atoms with Crippen LogP contribution in [-0.4, -0.2) is 49.1 Å². The molecule has 1 aromatic rings. The molecule has 1 heterocycles. The van der Waals surface area contributed by atoms with Gasteiger partial charge in [-0.3, -0.25) is 4.79 Å². The molecule has 0 bridgehead atoms. The maximum atomic E-state index is 12.4. The van der Waals surface area contributed by atoms with Crippen LogP contribution < -0.4 is 10.6 Å². The predicted molar refractivity (Wildman–Crippen MR) is 85.7 cm³/mol. The number of rotatable bonds is 4. The van der Waals surface area contributed by atoms with E-state index in [-0.39, 0.29) is 33.0 Å². The number of carbonyl (C=O) groups is 1. The topological polar surface area (TPSA) is 64.6 Å². The Morgan fingerprint density at radius 1 is 1.48 bits per heavy atom. The van der Waals surface area contributed by atoms with E-state index in [4.69, 9.17) is 23.2 Å². The molecule has 2 rings (SSSR count). The number of nitrogens with one attached hydrogen (secondary N) is 2. The van der Waals surface area contributed by atoms with Crippen LogP contribution in [0.15, 0.2) is 6.07 Å². The maximum absolute atomic E-state index is 12.4. The van der Waals surface area contributed by atoms with E-state index in [1.54, 1.807) is 7.05 Å². The largest absolute Gasteiger partial charge is 0.504 e. The molecule has 0 saturated carbocycles. The van der Waals surface area contributed by atoms with Crippen molar-refractivity contribution in [1.82, 2.24) is 10.2 Å². The number of phenolic OH excluding ortho intramolecular Hbond substituents is 1. The van der Waals surface area contributed by atoms with Crippen LogP contribution in [0.1, 0.15) is 23.2 Å². The number of aromatic hydroxyl groups is 1. The van der Waals surface area contributed by atoms with Crippen LogP contribution >= 0.6 is 23.2 Å². The number of likely N-dealkylation sites (N-methyl/N-ethyl adjacent to an activating group) is 1. The molecule has 1 atom stereocenters. The fourth-order valence-electron chi connectivity index (χ4n) is 2.61. The van der Waals surface area contributed by atoms with Gasteiger partial charge in [0, 0.05) is 19.6 Å². The highest BCUT2D eigenvalue weighted by atomic mass is 35.5. The Hall–Kier alpha value is -1.17. The molecule has 0 aromatic heterocycles. The number of nitrogens with zero attached hydrogens (tertiary/aromatic N) is 1. The van der Waals surface area contributed by atoms with Gasteiger partial charge in [-0.1, -0.05) is 23.2 Å². The van der Waals surface area contributed by atoms with Crippen molar-refractivity contribution in [2.45, 2.75) is 18.9 Å². The zero-order valence-corrected chi connectivity index (χ0v) is 13.6. The number of amides is 1. The van der Waals surface area contributed by atoms with Gasteiger partial charge in [0.15, 0.2) is 5.75 Å². The lowest BCUT2D eigenvalue weighted by atomic mass is 10.1. The number of anilines is 1. The van der Waals surface area contributed by atoms with Gasteiger partial charge in [0.05, 0.1) is 21.3 Å². The summed E-state index contributed by atoms with van der Waals surface area (Å²) >= 11 is 12.0. The average Bonchev–Trinajstić information content (AvgIpc) is 2.85. The molecule has 0 radical (unpaired) electrons. The zero-order valence-electron chi connectivity index (χ0n) is 12.0. The van der Waals surface area contributed by atoms with Crippen LogP contribution in [0.25, 0.3) is 0 Å². The summed E-state index contributed by atoms with van der Waals surface area (Å²) in [6.07, 6.45) is 2.20. The number of carbonyl (C=O) groups excluding carboxylic acids is 1. The molecule has 116 valence electrons. The van der Waals surface area contributed by atoms with Crippen LogP contribution in [0.4, 0.5) is 5.69 Å². The summed E-state index contributed by atoms with van der Waals surface area (Å²) < 4.78 is 0. The molecule has 1 aromatic carbocycles. The van der Waals surface area contributed by atoms with Crippen molar-refractivity contribution < 1.29 is 9.90 Å². The number of halogens is 2. The first-order valence-corrected chi connectivity index (χ1v) is 7.58. The first-order valence-electron chi connectivity index (χ1n) is 6.82. The van der Waals surface area contributed by atoms with Crippen molar-refractivity contribution in [3.8, 4) is 5.75 Å². The van der Waals surface area contributed by atoms with Crippen LogP contribution in [0.3, 0.4) is 0 Å². The quantitative estimate of drug-likeness (QED) is 0.742. The first kappa shape index (κ1) is 16.2. The molecular weight excluding hydrogens is 313 g/mol. The number of hydrogen-bond donors (Lipinski definition) is 3. The van der Waals surface area contributed by atoms with Gasteiger partial charge in [-0.15, -0.1) is 0 Å². The second-order valence-corrected chi connectivity index (χ2v) is 5.99. The predicted octanol–water partition coefficient (Wildman–Crippen LogP) is 2.56. The third-order valence-electron chi connectivity index (χ3n) is 3.85. The molecule has 21 heavy (non-hydrogen) atoms. The molecular formula is C14H19Cl2N3O2. The number of likely N-dealkylation sites (tertiary alicyclic amines) is 1. The van der Waals surface area contributed by atoms with Gasteiger partial charge < -0.3 is 20.6 Å². The van der Waals surface area contributed by atoms with Gasteiger partial charge in [-0.2, -0.15) is 0 Å². The Morgan fingerprint density at radius 3 is 2.76 bits per heavy atom. The van der Waals surface area contributed by atoms with Crippen LogP contribution in [0, 0.1) is 0 Å². The minimum absolute atomic E-state index is 0.108. The summed E-state index contributed by atoms with van der Waals surface area (Å²) in [5, 5.41) is 15.9. The molecule has 1 amide bonds. The van der Waals surface area contributed by atoms with E-state index in [1.807, 2.05) is 7.05 Å². The molecule has 0 spiro atoms. The number of benzene rings is 1. The van der Waals surface area contributed by atoms with Gasteiger partial charge in [-0.05, 0) is 32.5 Å². The number of hydrogen-bond acceptors (Lipinski definition) is 4. The lowest BCUT2D eigenvalue weighted by molar-refractivity contribution is 0.0944. The van der Waals surface area contributed by atoms with Crippen molar-refractivity contribution >= 4 is 34.8 Å². The van der Waals surface area contributed by atoms with E-state index in [1.165, 1.54) is 6.07 Å². The van der Waals surface area contributed by atoms with Crippen LogP contribution in [0.5, 0.6) is 5.75 Å². The minimum atomic E-state index is -0.323. The molecule has 1 saturated heterocycles. The van der Waals surface area contributed by atoms with E-state index in [9.17, 15) is 9.90 Å². The average molecular weight is 332 g/mol. The van der Waals surface area contributed by atoms with E-state index in [0.29, 0.717) is 12.6 Å². The van der Waals surface area contributed by atoms with E-state index >= 15 is 0 Å². The number of phenols is 1. The van der Waals surface area contributed by atoms with Gasteiger partial charge in [-0.25, -0.2) is 0 Å². The fourth-order valence-corrected chi connectivity index (χ4v) is 3.16. The third kappa shape index (κ3) is 3.36. The van der Waals surface area contributed by atoms with Crippen molar-refractivity contribution in [2.75, 3.05) is 32.5 Å². The Bertz CT molecular complexity index is 552. The van der Waals surface area contributed by atoms with Crippen LogP contribution in [0.2, 0.25) is 10.0 Å². The molecule has 5 nitrogen and oxygen atoms in total. The summed E-state index contributed by atoms with van der Waals surface area (Å²) in [5.74, 6) is -0.497. The molecule has 1 fully saturated rings. The first-order chi connectivity index (χ1) is 9.95. The van der Waals surface area contributed by atoms with Crippen molar-refractivity contribution in [3.05, 3.63) is 21.7 Å².